The lowest BCUT2D eigenvalue weighted by molar-refractivity contribution is 0.628. The van der Waals surface area contributed by atoms with Gasteiger partial charge in [0.05, 0.1) is 0 Å². The summed E-state index contributed by atoms with van der Waals surface area (Å²) in [5.41, 5.74) is 2.86. The SMILES string of the molecule is CC(CCNCc1cccc(C2CC2)c1)S(C)=O. The quantitative estimate of drug-likeness (QED) is 0.768. The van der Waals surface area contributed by atoms with Crippen LogP contribution >= 0.6 is 0 Å². The van der Waals surface area contributed by atoms with Crippen LogP contribution in [0.4, 0.5) is 0 Å². The summed E-state index contributed by atoms with van der Waals surface area (Å²) < 4.78 is 11.2. The molecule has 0 spiro atoms. The van der Waals surface area contributed by atoms with Crippen molar-refractivity contribution in [2.24, 2.45) is 0 Å². The predicted molar refractivity (Wildman–Crippen MR) is 78.3 cm³/mol. The Morgan fingerprint density at radius 2 is 2.22 bits per heavy atom. The first kappa shape index (κ1) is 13.8. The molecule has 0 saturated heterocycles. The highest BCUT2D eigenvalue weighted by molar-refractivity contribution is 7.84. The van der Waals surface area contributed by atoms with Crippen molar-refractivity contribution in [2.75, 3.05) is 12.8 Å². The van der Waals surface area contributed by atoms with E-state index in [1.54, 1.807) is 6.26 Å². The van der Waals surface area contributed by atoms with Crippen LogP contribution in [0.5, 0.6) is 0 Å². The van der Waals surface area contributed by atoms with Crippen molar-refractivity contribution in [3.8, 4) is 0 Å². The molecule has 3 heteroatoms. The van der Waals surface area contributed by atoms with Crippen LogP contribution in [0.25, 0.3) is 0 Å². The first-order valence-electron chi connectivity index (χ1n) is 6.78. The summed E-state index contributed by atoms with van der Waals surface area (Å²) in [5, 5.41) is 3.73. The summed E-state index contributed by atoms with van der Waals surface area (Å²) >= 11 is 0. The minimum absolute atomic E-state index is 0.287. The molecule has 2 rings (SSSR count). The largest absolute Gasteiger partial charge is 0.313 e. The zero-order chi connectivity index (χ0) is 13.0. The molecule has 1 saturated carbocycles. The Balaban J connectivity index is 1.73. The van der Waals surface area contributed by atoms with Gasteiger partial charge < -0.3 is 5.32 Å². The van der Waals surface area contributed by atoms with E-state index in [0.29, 0.717) is 0 Å². The van der Waals surface area contributed by atoms with E-state index in [0.717, 1.165) is 25.4 Å². The second-order valence-electron chi connectivity index (χ2n) is 5.29. The fourth-order valence-electron chi connectivity index (χ4n) is 2.08. The van der Waals surface area contributed by atoms with Crippen molar-refractivity contribution in [1.82, 2.24) is 5.32 Å². The minimum atomic E-state index is -0.700. The Kier molecular flexibility index (Phi) is 4.95. The monoisotopic (exact) mass is 265 g/mol. The lowest BCUT2D eigenvalue weighted by atomic mass is 10.1. The summed E-state index contributed by atoms with van der Waals surface area (Å²) in [6.07, 6.45) is 5.47. The third kappa shape index (κ3) is 4.21. The Morgan fingerprint density at radius 3 is 2.89 bits per heavy atom. The maximum Gasteiger partial charge on any atom is 0.0329 e. The molecule has 1 N–H and O–H groups in total. The molecule has 0 bridgehead atoms. The lowest BCUT2D eigenvalue weighted by Gasteiger charge is -2.10. The van der Waals surface area contributed by atoms with E-state index < -0.39 is 10.8 Å². The van der Waals surface area contributed by atoms with E-state index in [2.05, 4.69) is 29.6 Å². The van der Waals surface area contributed by atoms with Gasteiger partial charge in [-0.15, -0.1) is 0 Å². The van der Waals surface area contributed by atoms with Gasteiger partial charge in [-0.3, -0.25) is 4.21 Å². The van der Waals surface area contributed by atoms with E-state index in [1.807, 2.05) is 6.92 Å². The van der Waals surface area contributed by atoms with Gasteiger partial charge in [-0.1, -0.05) is 31.2 Å². The number of benzene rings is 1. The molecule has 100 valence electrons. The Hall–Kier alpha value is -0.670. The molecule has 1 aromatic rings. The van der Waals surface area contributed by atoms with E-state index in [1.165, 1.54) is 24.0 Å². The molecule has 1 aliphatic rings. The van der Waals surface area contributed by atoms with Gasteiger partial charge in [0.25, 0.3) is 0 Å². The highest BCUT2D eigenvalue weighted by Crippen LogP contribution is 2.40. The molecule has 1 aromatic carbocycles. The average molecular weight is 265 g/mol. The van der Waals surface area contributed by atoms with Crippen molar-refractivity contribution in [3.05, 3.63) is 35.4 Å². The summed E-state index contributed by atoms with van der Waals surface area (Å²) in [6, 6.07) is 8.91. The van der Waals surface area contributed by atoms with Crippen molar-refractivity contribution in [1.29, 1.82) is 0 Å². The van der Waals surface area contributed by atoms with Crippen LogP contribution in [-0.2, 0) is 17.3 Å². The standard InChI is InChI=1S/C15H23NOS/c1-12(18(2)17)8-9-16-11-13-4-3-5-15(10-13)14-6-7-14/h3-5,10,12,14,16H,6-9,11H2,1-2H3. The number of rotatable bonds is 7. The van der Waals surface area contributed by atoms with Crippen LogP contribution in [0.1, 0.15) is 43.2 Å². The second-order valence-corrected chi connectivity index (χ2v) is 7.10. The van der Waals surface area contributed by atoms with Crippen LogP contribution in [0.3, 0.4) is 0 Å². The van der Waals surface area contributed by atoms with Crippen molar-refractivity contribution >= 4 is 10.8 Å². The van der Waals surface area contributed by atoms with Gasteiger partial charge in [-0.25, -0.2) is 0 Å². The van der Waals surface area contributed by atoms with Gasteiger partial charge in [0.1, 0.15) is 0 Å². The second kappa shape index (κ2) is 6.48. The van der Waals surface area contributed by atoms with E-state index in [-0.39, 0.29) is 5.25 Å². The maximum absolute atomic E-state index is 11.2. The van der Waals surface area contributed by atoms with E-state index in [4.69, 9.17) is 0 Å². The molecule has 18 heavy (non-hydrogen) atoms. The third-order valence-corrected chi connectivity index (χ3v) is 4.99. The van der Waals surface area contributed by atoms with Crippen LogP contribution in [0.15, 0.2) is 24.3 Å². The molecular formula is C15H23NOS. The van der Waals surface area contributed by atoms with Gasteiger partial charge >= 0.3 is 0 Å². The first-order chi connectivity index (χ1) is 8.66. The van der Waals surface area contributed by atoms with Gasteiger partial charge in [0.2, 0.25) is 0 Å². The molecule has 2 nitrogen and oxygen atoms in total. The summed E-state index contributed by atoms with van der Waals surface area (Å²) in [7, 11) is -0.700. The lowest BCUT2D eigenvalue weighted by Crippen LogP contribution is -2.20. The molecular weight excluding hydrogens is 242 g/mol. The van der Waals surface area contributed by atoms with Gasteiger partial charge in [0, 0.05) is 28.9 Å². The van der Waals surface area contributed by atoms with Crippen molar-refractivity contribution < 1.29 is 4.21 Å². The molecule has 1 fully saturated rings. The Morgan fingerprint density at radius 1 is 1.44 bits per heavy atom. The normalized spacial score (nSPS) is 18.6. The van der Waals surface area contributed by atoms with E-state index >= 15 is 0 Å². The predicted octanol–water partition coefficient (Wildman–Crippen LogP) is 2.81. The minimum Gasteiger partial charge on any atom is -0.313 e. The number of nitrogens with one attached hydrogen (secondary N) is 1. The fourth-order valence-corrected chi connectivity index (χ4v) is 2.53. The Bertz CT molecular complexity index is 415. The van der Waals surface area contributed by atoms with Gasteiger partial charge in [0.15, 0.2) is 0 Å². The summed E-state index contributed by atoms with van der Waals surface area (Å²) in [5.74, 6) is 0.826. The van der Waals surface area contributed by atoms with E-state index in [9.17, 15) is 4.21 Å². The molecule has 2 unspecified atom stereocenters. The molecule has 2 atom stereocenters. The third-order valence-electron chi connectivity index (χ3n) is 3.62. The van der Waals surface area contributed by atoms with Crippen LogP contribution in [-0.4, -0.2) is 22.3 Å². The van der Waals surface area contributed by atoms with Gasteiger partial charge in [-0.05, 0) is 42.9 Å². The van der Waals surface area contributed by atoms with Gasteiger partial charge in [-0.2, -0.15) is 0 Å². The highest BCUT2D eigenvalue weighted by atomic mass is 32.2. The molecule has 1 aliphatic carbocycles. The van der Waals surface area contributed by atoms with Crippen LogP contribution < -0.4 is 5.32 Å². The van der Waals surface area contributed by atoms with Crippen molar-refractivity contribution in [2.45, 2.75) is 43.9 Å². The first-order valence-corrected chi connectivity index (χ1v) is 8.40. The van der Waals surface area contributed by atoms with Crippen LogP contribution in [0, 0.1) is 0 Å². The summed E-state index contributed by atoms with van der Waals surface area (Å²) in [4.78, 5) is 0. The summed E-state index contributed by atoms with van der Waals surface area (Å²) in [6.45, 7) is 3.91. The zero-order valence-corrected chi connectivity index (χ0v) is 12.1. The smallest absolute Gasteiger partial charge is 0.0329 e. The molecule has 0 aromatic heterocycles. The molecule has 0 radical (unpaired) electrons. The fraction of sp³-hybridized carbons (Fsp3) is 0.600. The maximum atomic E-state index is 11.2. The topological polar surface area (TPSA) is 29.1 Å². The zero-order valence-electron chi connectivity index (χ0n) is 11.3. The van der Waals surface area contributed by atoms with Crippen molar-refractivity contribution in [3.63, 3.8) is 0 Å². The average Bonchev–Trinajstić information content (AvgIpc) is 3.19. The number of hydrogen-bond acceptors (Lipinski definition) is 2. The Labute approximate surface area is 113 Å². The number of hydrogen-bond donors (Lipinski definition) is 1. The molecule has 0 aliphatic heterocycles. The highest BCUT2D eigenvalue weighted by Gasteiger charge is 2.23. The van der Waals surface area contributed by atoms with Crippen LogP contribution in [0.2, 0.25) is 0 Å². The molecule has 0 amide bonds. The molecule has 0 heterocycles.